The van der Waals surface area contributed by atoms with Gasteiger partial charge in [0, 0.05) is 16.3 Å². The summed E-state index contributed by atoms with van der Waals surface area (Å²) in [4.78, 5) is 16.8. The average molecular weight is 355 g/mol. The van der Waals surface area contributed by atoms with Crippen molar-refractivity contribution in [1.82, 2.24) is 9.38 Å². The fraction of sp³-hybridized carbons (Fsp3) is 0.200. The van der Waals surface area contributed by atoms with Crippen LogP contribution in [0.4, 0.5) is 0 Å². The molecule has 3 rings (SSSR count). The van der Waals surface area contributed by atoms with Crippen molar-refractivity contribution in [2.75, 3.05) is 0 Å². The van der Waals surface area contributed by atoms with Crippen LogP contribution >= 0.6 is 34.5 Å². The Labute approximate surface area is 140 Å². The lowest BCUT2D eigenvalue weighted by molar-refractivity contribution is 0.0701. The second kappa shape index (κ2) is 5.57. The monoisotopic (exact) mass is 354 g/mol. The molecule has 0 amide bonds. The molecule has 1 aromatic carbocycles. The van der Waals surface area contributed by atoms with Gasteiger partial charge in [-0.1, -0.05) is 41.5 Å². The van der Waals surface area contributed by atoms with E-state index in [2.05, 4.69) is 4.98 Å². The zero-order valence-corrected chi connectivity index (χ0v) is 14.2. The Balaban J connectivity index is 2.29. The molecule has 2 aromatic heterocycles. The molecule has 0 atom stereocenters. The summed E-state index contributed by atoms with van der Waals surface area (Å²) >= 11 is 13.4. The van der Waals surface area contributed by atoms with Crippen LogP contribution in [0.2, 0.25) is 10.0 Å². The van der Waals surface area contributed by atoms with Crippen LogP contribution in [-0.2, 0) is 6.42 Å². The van der Waals surface area contributed by atoms with Crippen molar-refractivity contribution in [2.45, 2.75) is 20.3 Å². The SMILES string of the molecule is CCc1c(-c2ccc(Cl)cc2Cl)nc2sc(C(=O)O)c(C)n12. The summed E-state index contributed by atoms with van der Waals surface area (Å²) in [7, 11) is 0. The third kappa shape index (κ3) is 2.29. The van der Waals surface area contributed by atoms with E-state index in [0.29, 0.717) is 32.0 Å². The number of hydrogen-bond acceptors (Lipinski definition) is 3. The number of carbonyl (C=O) groups is 1. The lowest BCUT2D eigenvalue weighted by Gasteiger charge is -2.06. The number of thiazole rings is 1. The van der Waals surface area contributed by atoms with Gasteiger partial charge in [-0.15, -0.1) is 0 Å². The first-order valence-corrected chi connectivity index (χ1v) is 8.20. The van der Waals surface area contributed by atoms with Gasteiger partial charge in [-0.2, -0.15) is 0 Å². The van der Waals surface area contributed by atoms with Crippen molar-refractivity contribution in [1.29, 1.82) is 0 Å². The Morgan fingerprint density at radius 2 is 2.14 bits per heavy atom. The van der Waals surface area contributed by atoms with E-state index in [4.69, 9.17) is 23.2 Å². The highest BCUT2D eigenvalue weighted by molar-refractivity contribution is 7.19. The molecule has 0 aliphatic rings. The molecule has 0 bridgehead atoms. The van der Waals surface area contributed by atoms with Gasteiger partial charge in [0.1, 0.15) is 4.88 Å². The van der Waals surface area contributed by atoms with Crippen LogP contribution < -0.4 is 0 Å². The molecule has 114 valence electrons. The minimum atomic E-state index is -0.930. The average Bonchev–Trinajstić information content (AvgIpc) is 2.96. The van der Waals surface area contributed by atoms with Gasteiger partial charge in [0.05, 0.1) is 16.4 Å². The van der Waals surface area contributed by atoms with Crippen molar-refractivity contribution in [3.05, 3.63) is 44.5 Å². The number of halogens is 2. The molecular weight excluding hydrogens is 343 g/mol. The topological polar surface area (TPSA) is 54.6 Å². The zero-order valence-electron chi connectivity index (χ0n) is 11.9. The number of rotatable bonds is 3. The molecule has 2 heterocycles. The molecule has 0 aliphatic carbocycles. The molecule has 7 heteroatoms. The third-order valence-electron chi connectivity index (χ3n) is 3.51. The summed E-state index contributed by atoms with van der Waals surface area (Å²) < 4.78 is 1.90. The molecule has 3 aromatic rings. The van der Waals surface area contributed by atoms with Gasteiger partial charge in [-0.25, -0.2) is 9.78 Å². The minimum absolute atomic E-state index is 0.311. The number of benzene rings is 1. The van der Waals surface area contributed by atoms with Gasteiger partial charge in [-0.3, -0.25) is 4.40 Å². The van der Waals surface area contributed by atoms with Gasteiger partial charge in [0.25, 0.3) is 0 Å². The summed E-state index contributed by atoms with van der Waals surface area (Å²) in [6, 6.07) is 5.29. The van der Waals surface area contributed by atoms with Crippen LogP contribution in [-0.4, -0.2) is 20.5 Å². The van der Waals surface area contributed by atoms with Crippen LogP contribution in [0.15, 0.2) is 18.2 Å². The van der Waals surface area contributed by atoms with E-state index in [1.165, 1.54) is 11.3 Å². The van der Waals surface area contributed by atoms with Crippen molar-refractivity contribution >= 4 is 45.5 Å². The fourth-order valence-corrected chi connectivity index (χ4v) is 4.02. The fourth-order valence-electron chi connectivity index (χ4n) is 2.53. The Bertz CT molecular complexity index is 899. The number of carboxylic acid groups (broad SMARTS) is 1. The summed E-state index contributed by atoms with van der Waals surface area (Å²) in [5.41, 5.74) is 3.21. The summed E-state index contributed by atoms with van der Waals surface area (Å²) in [5, 5.41) is 10.3. The normalized spacial score (nSPS) is 11.3. The predicted molar refractivity (Wildman–Crippen MR) is 89.6 cm³/mol. The highest BCUT2D eigenvalue weighted by atomic mass is 35.5. The zero-order chi connectivity index (χ0) is 16.0. The van der Waals surface area contributed by atoms with Gasteiger partial charge in [0.2, 0.25) is 0 Å². The van der Waals surface area contributed by atoms with Gasteiger partial charge >= 0.3 is 5.97 Å². The van der Waals surface area contributed by atoms with Crippen LogP contribution in [0.1, 0.15) is 28.0 Å². The first-order chi connectivity index (χ1) is 10.4. The maximum Gasteiger partial charge on any atom is 0.347 e. The van der Waals surface area contributed by atoms with Crippen molar-refractivity contribution in [2.24, 2.45) is 0 Å². The molecular formula is C15H12Cl2N2O2S. The van der Waals surface area contributed by atoms with Gasteiger partial charge in [-0.05, 0) is 31.5 Å². The minimum Gasteiger partial charge on any atom is -0.477 e. The first kappa shape index (κ1) is 15.3. The third-order valence-corrected chi connectivity index (χ3v) is 5.19. The molecule has 1 N–H and O–H groups in total. The number of aryl methyl sites for hydroxylation is 2. The van der Waals surface area contributed by atoms with E-state index >= 15 is 0 Å². The summed E-state index contributed by atoms with van der Waals surface area (Å²) in [5.74, 6) is -0.930. The molecule has 0 spiro atoms. The van der Waals surface area contributed by atoms with Crippen LogP contribution in [0.3, 0.4) is 0 Å². The Hall–Kier alpha value is -1.56. The van der Waals surface area contributed by atoms with Crippen LogP contribution in [0.25, 0.3) is 16.2 Å². The first-order valence-electron chi connectivity index (χ1n) is 6.63. The molecule has 0 radical (unpaired) electrons. The maximum absolute atomic E-state index is 11.3. The van der Waals surface area contributed by atoms with Crippen molar-refractivity contribution < 1.29 is 9.90 Å². The molecule has 0 saturated carbocycles. The molecule has 4 nitrogen and oxygen atoms in total. The summed E-state index contributed by atoms with van der Waals surface area (Å²) in [6.07, 6.45) is 0.714. The molecule has 0 aliphatic heterocycles. The number of nitrogens with zero attached hydrogens (tertiary/aromatic N) is 2. The Kier molecular flexibility index (Phi) is 3.89. The number of hydrogen-bond donors (Lipinski definition) is 1. The van der Waals surface area contributed by atoms with E-state index in [-0.39, 0.29) is 0 Å². The lowest BCUT2D eigenvalue weighted by atomic mass is 10.1. The van der Waals surface area contributed by atoms with E-state index in [1.54, 1.807) is 19.1 Å². The van der Waals surface area contributed by atoms with E-state index in [1.807, 2.05) is 17.4 Å². The van der Waals surface area contributed by atoms with E-state index < -0.39 is 5.97 Å². The Morgan fingerprint density at radius 1 is 1.41 bits per heavy atom. The maximum atomic E-state index is 11.3. The van der Waals surface area contributed by atoms with Gasteiger partial charge < -0.3 is 5.11 Å². The number of fused-ring (bicyclic) bond motifs is 1. The molecule has 0 saturated heterocycles. The molecule has 22 heavy (non-hydrogen) atoms. The predicted octanol–water partition coefficient (Wildman–Crippen LogP) is 4.94. The standard InChI is InChI=1S/C15H12Cl2N2O2S/c1-3-11-12(9-5-4-8(16)6-10(9)17)18-15-19(11)7(2)13(22-15)14(20)21/h4-6H,3H2,1-2H3,(H,20,21). The second-order valence-electron chi connectivity index (χ2n) is 4.82. The number of aromatic nitrogens is 2. The highest BCUT2D eigenvalue weighted by Gasteiger charge is 2.22. The number of aromatic carboxylic acids is 1. The quantitative estimate of drug-likeness (QED) is 0.724. The smallest absolute Gasteiger partial charge is 0.347 e. The molecule has 0 fully saturated rings. The van der Waals surface area contributed by atoms with Gasteiger partial charge in [0.15, 0.2) is 4.96 Å². The van der Waals surface area contributed by atoms with Crippen molar-refractivity contribution in [3.8, 4) is 11.3 Å². The highest BCUT2D eigenvalue weighted by Crippen LogP contribution is 2.35. The number of imidazole rings is 1. The molecule has 0 unspecified atom stereocenters. The van der Waals surface area contributed by atoms with Crippen LogP contribution in [0, 0.1) is 6.92 Å². The van der Waals surface area contributed by atoms with E-state index in [0.717, 1.165) is 17.0 Å². The summed E-state index contributed by atoms with van der Waals surface area (Å²) in [6.45, 7) is 3.80. The number of carboxylic acids is 1. The van der Waals surface area contributed by atoms with Crippen molar-refractivity contribution in [3.63, 3.8) is 0 Å². The largest absolute Gasteiger partial charge is 0.477 e. The van der Waals surface area contributed by atoms with E-state index in [9.17, 15) is 9.90 Å². The Morgan fingerprint density at radius 3 is 2.73 bits per heavy atom. The second-order valence-corrected chi connectivity index (χ2v) is 6.65. The lowest BCUT2D eigenvalue weighted by Crippen LogP contribution is -2.00. The van der Waals surface area contributed by atoms with Crippen LogP contribution in [0.5, 0.6) is 0 Å².